The van der Waals surface area contributed by atoms with Crippen LogP contribution in [0.15, 0.2) is 60.7 Å². The fourth-order valence-electron chi connectivity index (χ4n) is 4.84. The van der Waals surface area contributed by atoms with E-state index in [-0.39, 0.29) is 13.1 Å². The summed E-state index contributed by atoms with van der Waals surface area (Å²) in [5.41, 5.74) is 0.0369. The zero-order chi connectivity index (χ0) is 21.5. The van der Waals surface area contributed by atoms with Crippen LogP contribution in [0.1, 0.15) is 18.1 Å². The van der Waals surface area contributed by atoms with E-state index in [0.717, 1.165) is 4.90 Å². The van der Waals surface area contributed by atoms with Gasteiger partial charge in [0.2, 0.25) is 17.7 Å². The molecule has 4 rings (SSSR count). The predicted molar refractivity (Wildman–Crippen MR) is 107 cm³/mol. The van der Waals surface area contributed by atoms with Crippen LogP contribution < -0.4 is 0 Å². The fraction of sp³-hybridized carbons (Fsp3) is 0.304. The maximum absolute atomic E-state index is 13.5. The third-order valence-electron chi connectivity index (χ3n) is 6.06. The Morgan fingerprint density at radius 2 is 1.43 bits per heavy atom. The van der Waals surface area contributed by atoms with Crippen molar-refractivity contribution >= 4 is 23.7 Å². The first-order chi connectivity index (χ1) is 14.5. The van der Waals surface area contributed by atoms with E-state index >= 15 is 0 Å². The minimum Gasteiger partial charge on any atom is -0.468 e. The maximum Gasteiger partial charge on any atom is 0.325 e. The molecule has 0 spiro atoms. The molecule has 7 nitrogen and oxygen atoms in total. The summed E-state index contributed by atoms with van der Waals surface area (Å²) >= 11 is 0. The summed E-state index contributed by atoms with van der Waals surface area (Å²) in [5.74, 6) is -4.20. The molecule has 0 aliphatic carbocycles. The minimum atomic E-state index is -1.30. The van der Waals surface area contributed by atoms with Gasteiger partial charge in [0.05, 0.1) is 13.0 Å². The van der Waals surface area contributed by atoms with Crippen LogP contribution in [-0.2, 0) is 29.5 Å². The lowest BCUT2D eigenvalue weighted by molar-refractivity contribution is -0.152. The molecule has 0 unspecified atom stereocenters. The number of hydrogen-bond donors (Lipinski definition) is 0. The number of esters is 1. The van der Waals surface area contributed by atoms with Crippen molar-refractivity contribution in [2.24, 2.45) is 11.8 Å². The molecule has 2 aromatic carbocycles. The molecule has 2 heterocycles. The third-order valence-corrected chi connectivity index (χ3v) is 6.06. The number of likely N-dealkylation sites (tertiary alicyclic amines) is 2. The summed E-state index contributed by atoms with van der Waals surface area (Å²) < 4.78 is 4.83. The van der Waals surface area contributed by atoms with E-state index in [1.54, 1.807) is 6.92 Å². The lowest BCUT2D eigenvalue weighted by Gasteiger charge is -2.42. The highest BCUT2D eigenvalue weighted by Crippen LogP contribution is 2.54. The third kappa shape index (κ3) is 2.58. The van der Waals surface area contributed by atoms with Crippen molar-refractivity contribution in [2.45, 2.75) is 12.5 Å². The minimum absolute atomic E-state index is 0.189. The molecule has 0 bridgehead atoms. The summed E-state index contributed by atoms with van der Waals surface area (Å²) in [5, 5.41) is 0. The van der Waals surface area contributed by atoms with Crippen LogP contribution in [0.5, 0.6) is 0 Å². The molecule has 0 aromatic heterocycles. The number of imide groups is 1. The zero-order valence-electron chi connectivity index (χ0n) is 16.8. The van der Waals surface area contributed by atoms with E-state index in [1.165, 1.54) is 12.0 Å². The highest BCUT2D eigenvalue weighted by Gasteiger charge is 2.70. The number of rotatable bonds is 5. The van der Waals surface area contributed by atoms with Crippen molar-refractivity contribution in [3.63, 3.8) is 0 Å². The van der Waals surface area contributed by atoms with Gasteiger partial charge in [-0.05, 0) is 18.1 Å². The van der Waals surface area contributed by atoms with Gasteiger partial charge < -0.3 is 9.64 Å². The van der Waals surface area contributed by atoms with Gasteiger partial charge in [-0.3, -0.25) is 24.1 Å². The first-order valence-corrected chi connectivity index (χ1v) is 9.83. The van der Waals surface area contributed by atoms with E-state index in [4.69, 9.17) is 4.74 Å². The Morgan fingerprint density at radius 1 is 0.900 bits per heavy atom. The number of nitrogens with zero attached hydrogens (tertiary/aromatic N) is 2. The average Bonchev–Trinajstić information content (AvgIpc) is 3.19. The second-order valence-corrected chi connectivity index (χ2v) is 7.38. The Morgan fingerprint density at radius 3 is 1.90 bits per heavy atom. The van der Waals surface area contributed by atoms with Gasteiger partial charge in [-0.25, -0.2) is 0 Å². The summed E-state index contributed by atoms with van der Waals surface area (Å²) in [6, 6.07) is 18.2. The Kier molecular flexibility index (Phi) is 4.89. The molecule has 2 aliphatic heterocycles. The Bertz CT molecular complexity index is 965. The predicted octanol–water partition coefficient (Wildman–Crippen LogP) is 1.57. The maximum atomic E-state index is 13.5. The van der Waals surface area contributed by atoms with Gasteiger partial charge in [-0.15, -0.1) is 0 Å². The smallest absolute Gasteiger partial charge is 0.325 e. The summed E-state index contributed by atoms with van der Waals surface area (Å²) in [4.78, 5) is 54.8. The van der Waals surface area contributed by atoms with Gasteiger partial charge in [0.15, 0.2) is 0 Å². The van der Waals surface area contributed by atoms with Crippen LogP contribution in [0.4, 0.5) is 0 Å². The highest BCUT2D eigenvalue weighted by atomic mass is 16.5. The monoisotopic (exact) mass is 406 g/mol. The molecule has 0 radical (unpaired) electrons. The van der Waals surface area contributed by atoms with Crippen LogP contribution in [0.2, 0.25) is 0 Å². The molecule has 7 heteroatoms. The van der Waals surface area contributed by atoms with Gasteiger partial charge in [0, 0.05) is 6.54 Å². The van der Waals surface area contributed by atoms with Gasteiger partial charge in [-0.1, -0.05) is 60.7 Å². The summed E-state index contributed by atoms with van der Waals surface area (Å²) in [6.45, 7) is 1.54. The molecule has 2 aromatic rings. The van der Waals surface area contributed by atoms with Crippen molar-refractivity contribution in [3.8, 4) is 0 Å². The topological polar surface area (TPSA) is 84.0 Å². The normalized spacial score (nSPS) is 22.4. The second kappa shape index (κ2) is 7.40. The standard InChI is InChI=1S/C23H22N2O5/c1-3-24-20(27)18-19(22(24)29)23(15-10-6-4-7-11-15,16-12-8-5-9-13-16)25(21(18)28)14-17(26)30-2/h4-13,18-19H,3,14H2,1-2H3/t18-,19+/m1/s1. The largest absolute Gasteiger partial charge is 0.468 e. The molecule has 0 N–H and O–H groups in total. The number of carbonyl (C=O) groups excluding carboxylic acids is 4. The first-order valence-electron chi connectivity index (χ1n) is 9.83. The Hall–Kier alpha value is -3.48. The molecule has 2 fully saturated rings. The molecular weight excluding hydrogens is 384 g/mol. The van der Waals surface area contributed by atoms with E-state index in [1.807, 2.05) is 60.7 Å². The van der Waals surface area contributed by atoms with E-state index in [0.29, 0.717) is 11.1 Å². The van der Waals surface area contributed by atoms with Crippen molar-refractivity contribution in [3.05, 3.63) is 71.8 Å². The Balaban J connectivity index is 2.04. The Labute approximate surface area is 174 Å². The van der Waals surface area contributed by atoms with Crippen molar-refractivity contribution in [2.75, 3.05) is 20.2 Å². The number of methoxy groups -OCH3 is 1. The van der Waals surface area contributed by atoms with E-state index < -0.39 is 41.1 Å². The summed E-state index contributed by atoms with van der Waals surface area (Å²) in [7, 11) is 1.24. The van der Waals surface area contributed by atoms with Crippen LogP contribution in [0, 0.1) is 11.8 Å². The van der Waals surface area contributed by atoms with Crippen LogP contribution in [-0.4, -0.2) is 53.7 Å². The number of fused-ring (bicyclic) bond motifs is 1. The fourth-order valence-corrected chi connectivity index (χ4v) is 4.84. The van der Waals surface area contributed by atoms with E-state index in [2.05, 4.69) is 0 Å². The van der Waals surface area contributed by atoms with Crippen molar-refractivity contribution < 1.29 is 23.9 Å². The van der Waals surface area contributed by atoms with Crippen LogP contribution in [0.25, 0.3) is 0 Å². The van der Waals surface area contributed by atoms with Gasteiger partial charge in [0.25, 0.3) is 0 Å². The van der Waals surface area contributed by atoms with E-state index in [9.17, 15) is 19.2 Å². The van der Waals surface area contributed by atoms with Crippen molar-refractivity contribution in [1.82, 2.24) is 9.80 Å². The van der Waals surface area contributed by atoms with Crippen molar-refractivity contribution in [1.29, 1.82) is 0 Å². The number of ether oxygens (including phenoxy) is 1. The molecule has 154 valence electrons. The number of amides is 3. The molecule has 30 heavy (non-hydrogen) atoms. The summed E-state index contributed by atoms with van der Waals surface area (Å²) in [6.07, 6.45) is 0. The zero-order valence-corrected chi connectivity index (χ0v) is 16.8. The van der Waals surface area contributed by atoms with Gasteiger partial charge in [-0.2, -0.15) is 0 Å². The molecular formula is C23H22N2O5. The number of hydrogen-bond acceptors (Lipinski definition) is 5. The lowest BCUT2D eigenvalue weighted by atomic mass is 9.71. The SMILES string of the molecule is CCN1C(=O)[C@@H]2C(=O)N(CC(=O)OC)C(c3ccccc3)(c3ccccc3)[C@@H]2C1=O. The van der Waals surface area contributed by atoms with Gasteiger partial charge >= 0.3 is 5.97 Å². The van der Waals surface area contributed by atoms with Gasteiger partial charge in [0.1, 0.15) is 18.0 Å². The van der Waals surface area contributed by atoms with Crippen LogP contribution in [0.3, 0.4) is 0 Å². The molecule has 0 saturated carbocycles. The second-order valence-electron chi connectivity index (χ2n) is 7.38. The van der Waals surface area contributed by atoms with Crippen LogP contribution >= 0.6 is 0 Å². The number of carbonyl (C=O) groups is 4. The highest BCUT2D eigenvalue weighted by molar-refractivity contribution is 6.18. The quantitative estimate of drug-likeness (QED) is 0.428. The molecule has 2 saturated heterocycles. The molecule has 2 atom stereocenters. The molecule has 3 amide bonds. The average molecular weight is 406 g/mol. The lowest BCUT2D eigenvalue weighted by Crippen LogP contribution is -2.53. The first kappa shape index (κ1) is 19.8. The number of benzene rings is 2. The molecule has 2 aliphatic rings.